The van der Waals surface area contributed by atoms with Gasteiger partial charge < -0.3 is 9.84 Å². The molecule has 0 bridgehead atoms. The summed E-state index contributed by atoms with van der Waals surface area (Å²) >= 11 is 6.04. The lowest BCUT2D eigenvalue weighted by atomic mass is 10.0. The van der Waals surface area contributed by atoms with Gasteiger partial charge in [0.1, 0.15) is 11.8 Å². The van der Waals surface area contributed by atoms with E-state index in [0.29, 0.717) is 22.2 Å². The third kappa shape index (κ3) is 2.44. The highest BCUT2D eigenvalue weighted by Crippen LogP contribution is 2.28. The van der Waals surface area contributed by atoms with Crippen molar-refractivity contribution in [2.75, 3.05) is 7.11 Å². The van der Waals surface area contributed by atoms with Crippen LogP contribution >= 0.6 is 11.6 Å². The predicted molar refractivity (Wildman–Crippen MR) is 68.8 cm³/mol. The van der Waals surface area contributed by atoms with Gasteiger partial charge in [0, 0.05) is 17.4 Å². The van der Waals surface area contributed by atoms with Gasteiger partial charge in [0.25, 0.3) is 0 Å². The molecule has 94 valence electrons. The maximum absolute atomic E-state index is 10.3. The summed E-state index contributed by atoms with van der Waals surface area (Å²) < 4.78 is 5.08. The number of halogens is 1. The number of aliphatic hydroxyl groups excluding tert-OH is 1. The van der Waals surface area contributed by atoms with Crippen molar-refractivity contribution < 1.29 is 9.84 Å². The second-order valence-corrected chi connectivity index (χ2v) is 4.27. The summed E-state index contributed by atoms with van der Waals surface area (Å²) in [6, 6.07) is 5.37. The van der Waals surface area contributed by atoms with Gasteiger partial charge in [0.2, 0.25) is 5.88 Å². The molecule has 2 rings (SSSR count). The Hall–Kier alpha value is -1.65. The van der Waals surface area contributed by atoms with Crippen LogP contribution in [0.25, 0.3) is 0 Å². The lowest BCUT2D eigenvalue weighted by Gasteiger charge is -2.13. The molecule has 18 heavy (non-hydrogen) atoms. The van der Waals surface area contributed by atoms with Crippen molar-refractivity contribution in [2.45, 2.75) is 13.0 Å². The van der Waals surface area contributed by atoms with E-state index in [1.54, 1.807) is 12.1 Å². The van der Waals surface area contributed by atoms with E-state index in [4.69, 9.17) is 16.3 Å². The molecule has 0 aliphatic carbocycles. The zero-order valence-corrected chi connectivity index (χ0v) is 10.8. The molecule has 4 nitrogen and oxygen atoms in total. The largest absolute Gasteiger partial charge is 0.480 e. The van der Waals surface area contributed by atoms with E-state index in [1.165, 1.54) is 19.5 Å². The zero-order chi connectivity index (χ0) is 13.1. The van der Waals surface area contributed by atoms with Gasteiger partial charge in [-0.15, -0.1) is 0 Å². The molecular weight excluding hydrogens is 252 g/mol. The summed E-state index contributed by atoms with van der Waals surface area (Å²) in [7, 11) is 1.49. The van der Waals surface area contributed by atoms with Crippen molar-refractivity contribution >= 4 is 11.6 Å². The maximum atomic E-state index is 10.3. The van der Waals surface area contributed by atoms with Crippen LogP contribution in [0.15, 0.2) is 30.6 Å². The number of nitrogens with zero attached hydrogens (tertiary/aromatic N) is 2. The van der Waals surface area contributed by atoms with Crippen LogP contribution in [-0.4, -0.2) is 22.2 Å². The van der Waals surface area contributed by atoms with E-state index in [0.717, 1.165) is 5.56 Å². The average Bonchev–Trinajstić information content (AvgIpc) is 2.41. The van der Waals surface area contributed by atoms with Crippen LogP contribution in [-0.2, 0) is 0 Å². The van der Waals surface area contributed by atoms with Gasteiger partial charge in [-0.05, 0) is 24.1 Å². The van der Waals surface area contributed by atoms with E-state index >= 15 is 0 Å². The summed E-state index contributed by atoms with van der Waals surface area (Å²) in [5.74, 6) is 0.307. The third-order valence-corrected chi connectivity index (χ3v) is 3.06. The minimum atomic E-state index is -0.910. The average molecular weight is 265 g/mol. The molecule has 2 aromatic rings. The van der Waals surface area contributed by atoms with Crippen LogP contribution < -0.4 is 4.74 Å². The number of aromatic nitrogens is 2. The predicted octanol–water partition coefficient (Wildman–Crippen LogP) is 2.53. The topological polar surface area (TPSA) is 55.2 Å². The van der Waals surface area contributed by atoms with Crippen molar-refractivity contribution in [2.24, 2.45) is 0 Å². The van der Waals surface area contributed by atoms with Crippen molar-refractivity contribution in [3.05, 3.63) is 52.4 Å². The maximum Gasteiger partial charge on any atom is 0.238 e. The minimum Gasteiger partial charge on any atom is -0.480 e. The Morgan fingerprint density at radius 3 is 2.67 bits per heavy atom. The Labute approximate surface area is 110 Å². The molecule has 0 saturated carbocycles. The molecule has 5 heteroatoms. The van der Waals surface area contributed by atoms with E-state index in [9.17, 15) is 5.11 Å². The molecule has 0 aliphatic heterocycles. The summed E-state index contributed by atoms with van der Waals surface area (Å²) in [4.78, 5) is 8.10. The molecule has 0 radical (unpaired) electrons. The second-order valence-electron chi connectivity index (χ2n) is 3.86. The van der Waals surface area contributed by atoms with Crippen LogP contribution in [0.5, 0.6) is 5.88 Å². The number of methoxy groups -OCH3 is 1. The second kappa shape index (κ2) is 5.33. The van der Waals surface area contributed by atoms with Crippen LogP contribution in [0.4, 0.5) is 0 Å². The lowest BCUT2D eigenvalue weighted by molar-refractivity contribution is 0.207. The number of hydrogen-bond donors (Lipinski definition) is 1. The number of hydrogen-bond acceptors (Lipinski definition) is 4. The fourth-order valence-electron chi connectivity index (χ4n) is 1.62. The summed E-state index contributed by atoms with van der Waals surface area (Å²) in [6.45, 7) is 1.90. The van der Waals surface area contributed by atoms with Gasteiger partial charge in [-0.1, -0.05) is 23.7 Å². The smallest absolute Gasteiger partial charge is 0.238 e. The zero-order valence-electron chi connectivity index (χ0n) is 10.1. The van der Waals surface area contributed by atoms with Crippen LogP contribution in [0.2, 0.25) is 5.02 Å². The van der Waals surface area contributed by atoms with Gasteiger partial charge in [0.05, 0.1) is 7.11 Å². The van der Waals surface area contributed by atoms with Crippen molar-refractivity contribution in [3.63, 3.8) is 0 Å². The molecule has 1 unspecified atom stereocenters. The van der Waals surface area contributed by atoms with Gasteiger partial charge >= 0.3 is 0 Å². The highest BCUT2D eigenvalue weighted by molar-refractivity contribution is 6.31. The number of benzene rings is 1. The van der Waals surface area contributed by atoms with Crippen molar-refractivity contribution in [3.8, 4) is 5.88 Å². The first-order chi connectivity index (χ1) is 8.63. The SMILES string of the molecule is COc1nccnc1C(O)c1ccc(C)c(Cl)c1. The molecular formula is C13H13ClN2O2. The van der Waals surface area contributed by atoms with Crippen molar-refractivity contribution in [1.82, 2.24) is 9.97 Å². The molecule has 1 aromatic heterocycles. The Morgan fingerprint density at radius 1 is 1.28 bits per heavy atom. The first-order valence-electron chi connectivity index (χ1n) is 5.42. The van der Waals surface area contributed by atoms with Gasteiger partial charge in [-0.3, -0.25) is 4.98 Å². The molecule has 0 fully saturated rings. The fraction of sp³-hybridized carbons (Fsp3) is 0.231. The summed E-state index contributed by atoms with van der Waals surface area (Å²) in [6.07, 6.45) is 2.11. The van der Waals surface area contributed by atoms with Crippen LogP contribution in [0.1, 0.15) is 22.9 Å². The normalized spacial score (nSPS) is 12.2. The Bertz CT molecular complexity index is 560. The number of aliphatic hydroxyl groups is 1. The molecule has 0 spiro atoms. The number of ether oxygens (including phenoxy) is 1. The molecule has 1 N–H and O–H groups in total. The molecule has 0 amide bonds. The van der Waals surface area contributed by atoms with E-state index < -0.39 is 6.10 Å². The molecule has 1 atom stereocenters. The standard InChI is InChI=1S/C13H13ClN2O2/c1-8-3-4-9(7-10(8)14)12(17)11-13(18-2)16-6-5-15-11/h3-7,12,17H,1-2H3. The third-order valence-electron chi connectivity index (χ3n) is 2.66. The van der Waals surface area contributed by atoms with E-state index in [1.807, 2.05) is 13.0 Å². The van der Waals surface area contributed by atoms with Crippen LogP contribution in [0.3, 0.4) is 0 Å². The van der Waals surface area contributed by atoms with Gasteiger partial charge in [-0.2, -0.15) is 0 Å². The number of rotatable bonds is 3. The van der Waals surface area contributed by atoms with Crippen LogP contribution in [0, 0.1) is 6.92 Å². The van der Waals surface area contributed by atoms with E-state index in [2.05, 4.69) is 9.97 Å². The molecule has 0 aliphatic rings. The van der Waals surface area contributed by atoms with Gasteiger partial charge in [-0.25, -0.2) is 4.98 Å². The van der Waals surface area contributed by atoms with E-state index in [-0.39, 0.29) is 0 Å². The summed E-state index contributed by atoms with van der Waals surface area (Å²) in [5, 5.41) is 10.9. The first kappa shape index (κ1) is 12.8. The van der Waals surface area contributed by atoms with Crippen molar-refractivity contribution in [1.29, 1.82) is 0 Å². The Balaban J connectivity index is 2.41. The molecule has 0 saturated heterocycles. The Morgan fingerprint density at radius 2 is 2.00 bits per heavy atom. The van der Waals surface area contributed by atoms with Gasteiger partial charge in [0.15, 0.2) is 0 Å². The fourth-order valence-corrected chi connectivity index (χ4v) is 1.81. The highest BCUT2D eigenvalue weighted by Gasteiger charge is 2.18. The summed E-state index contributed by atoms with van der Waals surface area (Å²) in [5.41, 5.74) is 1.99. The molecule has 1 heterocycles. The Kier molecular flexibility index (Phi) is 3.79. The first-order valence-corrected chi connectivity index (χ1v) is 5.80. The minimum absolute atomic E-state index is 0.307. The lowest BCUT2D eigenvalue weighted by Crippen LogP contribution is -2.06. The monoisotopic (exact) mass is 264 g/mol. The highest BCUT2D eigenvalue weighted by atomic mass is 35.5. The quantitative estimate of drug-likeness (QED) is 0.926. The molecule has 1 aromatic carbocycles. The number of aryl methyl sites for hydroxylation is 1.